The van der Waals surface area contributed by atoms with E-state index in [1.165, 1.54) is 13.0 Å². The topological polar surface area (TPSA) is 135 Å². The van der Waals surface area contributed by atoms with Gasteiger partial charge in [-0.1, -0.05) is 0 Å². The van der Waals surface area contributed by atoms with E-state index in [9.17, 15) is 14.4 Å². The summed E-state index contributed by atoms with van der Waals surface area (Å²) in [6, 6.07) is 0. The van der Waals surface area contributed by atoms with Crippen LogP contribution in [0, 0.1) is 6.92 Å². The summed E-state index contributed by atoms with van der Waals surface area (Å²) in [4.78, 5) is 38.2. The Morgan fingerprint density at radius 2 is 2.11 bits per heavy atom. The Morgan fingerprint density at radius 3 is 2.68 bits per heavy atom. The molecule has 0 fully saturated rings. The van der Waals surface area contributed by atoms with E-state index >= 15 is 0 Å². The van der Waals surface area contributed by atoms with E-state index in [1.54, 1.807) is 0 Å². The molecule has 0 aromatic carbocycles. The molecular weight excluding hydrogens is 254 g/mol. The zero-order chi connectivity index (χ0) is 14.4. The normalized spacial score (nSPS) is 12.6. The largest absolute Gasteiger partial charge is 0.394 e. The Morgan fingerprint density at radius 1 is 1.42 bits per heavy atom. The number of aliphatic hydroxyl groups excluding tert-OH is 2. The van der Waals surface area contributed by atoms with E-state index in [1.807, 2.05) is 4.98 Å². The Kier molecular flexibility index (Phi) is 5.22. The molecule has 0 saturated carbocycles. The van der Waals surface area contributed by atoms with Crippen LogP contribution in [0.15, 0.2) is 15.7 Å². The number of carbonyl (C=O) groups is 1. The van der Waals surface area contributed by atoms with E-state index in [4.69, 9.17) is 10.2 Å². The van der Waals surface area contributed by atoms with Crippen molar-refractivity contribution >= 4 is 12.0 Å². The predicted octanol–water partition coefficient (Wildman–Crippen LogP) is -2.15. The molecule has 1 rings (SSSR count). The molecule has 0 aliphatic rings. The third kappa shape index (κ3) is 4.53. The molecule has 19 heavy (non-hydrogen) atoms. The van der Waals surface area contributed by atoms with Crippen molar-refractivity contribution in [3.05, 3.63) is 38.2 Å². The van der Waals surface area contributed by atoms with Gasteiger partial charge in [-0.15, -0.1) is 0 Å². The highest BCUT2D eigenvalue weighted by molar-refractivity contribution is 5.91. The minimum Gasteiger partial charge on any atom is -0.394 e. The summed E-state index contributed by atoms with van der Waals surface area (Å²) in [7, 11) is 0. The minimum absolute atomic E-state index is 0.0966. The maximum atomic E-state index is 11.5. The Balaban J connectivity index is 2.75. The number of amides is 1. The molecule has 8 heteroatoms. The molecular formula is C11H15N3O5. The van der Waals surface area contributed by atoms with Crippen LogP contribution in [0.25, 0.3) is 6.08 Å². The standard InChI is InChI=1S/C11H15N3O5/c1-6-8(10(18)14-11(19)13-6)2-3-9(17)12-4-7(16)5-15/h2-3,7,15-16H,4-5H2,1H3,(H,12,17)(H2,13,14,18,19). The van der Waals surface area contributed by atoms with Crippen LogP contribution in [0.2, 0.25) is 0 Å². The second kappa shape index (κ2) is 6.66. The highest BCUT2D eigenvalue weighted by Gasteiger charge is 2.05. The SMILES string of the molecule is Cc1[nH]c(=O)[nH]c(=O)c1C=CC(=O)NCC(O)CO. The van der Waals surface area contributed by atoms with Crippen molar-refractivity contribution in [1.82, 2.24) is 15.3 Å². The maximum Gasteiger partial charge on any atom is 0.325 e. The predicted molar refractivity (Wildman–Crippen MR) is 67.6 cm³/mol. The van der Waals surface area contributed by atoms with Crippen LogP contribution in [-0.2, 0) is 4.79 Å². The Labute approximate surface area is 107 Å². The third-order valence-corrected chi connectivity index (χ3v) is 2.30. The first-order valence-electron chi connectivity index (χ1n) is 5.52. The van der Waals surface area contributed by atoms with Gasteiger partial charge in [0, 0.05) is 18.3 Å². The Hall–Kier alpha value is -2.19. The van der Waals surface area contributed by atoms with Crippen LogP contribution in [0.1, 0.15) is 11.3 Å². The summed E-state index contributed by atoms with van der Waals surface area (Å²) in [5.41, 5.74) is -0.707. The number of hydrogen-bond donors (Lipinski definition) is 5. The molecule has 0 aliphatic heterocycles. The fourth-order valence-electron chi connectivity index (χ4n) is 1.31. The van der Waals surface area contributed by atoms with Crippen LogP contribution >= 0.6 is 0 Å². The molecule has 1 amide bonds. The van der Waals surface area contributed by atoms with Gasteiger partial charge in [0.1, 0.15) is 0 Å². The first kappa shape index (κ1) is 14.9. The molecule has 8 nitrogen and oxygen atoms in total. The van der Waals surface area contributed by atoms with Crippen molar-refractivity contribution < 1.29 is 15.0 Å². The van der Waals surface area contributed by atoms with Crippen molar-refractivity contribution in [3.8, 4) is 0 Å². The number of rotatable bonds is 5. The molecule has 0 radical (unpaired) electrons. The van der Waals surface area contributed by atoms with Crippen molar-refractivity contribution in [2.45, 2.75) is 13.0 Å². The lowest BCUT2D eigenvalue weighted by molar-refractivity contribution is -0.117. The number of nitrogens with one attached hydrogen (secondary N) is 3. The monoisotopic (exact) mass is 269 g/mol. The summed E-state index contributed by atoms with van der Waals surface area (Å²) >= 11 is 0. The summed E-state index contributed by atoms with van der Waals surface area (Å²) in [5, 5.41) is 19.9. The summed E-state index contributed by atoms with van der Waals surface area (Å²) in [5.74, 6) is -0.530. The fraction of sp³-hybridized carbons (Fsp3) is 0.364. The first-order valence-corrected chi connectivity index (χ1v) is 5.52. The molecule has 104 valence electrons. The smallest absolute Gasteiger partial charge is 0.325 e. The van der Waals surface area contributed by atoms with Crippen molar-refractivity contribution in [1.29, 1.82) is 0 Å². The van der Waals surface area contributed by atoms with Crippen molar-refractivity contribution in [2.75, 3.05) is 13.2 Å². The van der Waals surface area contributed by atoms with Crippen molar-refractivity contribution in [3.63, 3.8) is 0 Å². The maximum absolute atomic E-state index is 11.5. The van der Waals surface area contributed by atoms with E-state index in [-0.39, 0.29) is 12.1 Å². The van der Waals surface area contributed by atoms with Gasteiger partial charge >= 0.3 is 5.69 Å². The van der Waals surface area contributed by atoms with Gasteiger partial charge in [-0.05, 0) is 13.0 Å². The molecule has 1 aromatic rings. The number of hydrogen-bond acceptors (Lipinski definition) is 5. The number of aromatic nitrogens is 2. The van der Waals surface area contributed by atoms with Crippen LogP contribution in [0.3, 0.4) is 0 Å². The van der Waals surface area contributed by atoms with Crippen molar-refractivity contribution in [2.24, 2.45) is 0 Å². The average Bonchev–Trinajstić information content (AvgIpc) is 2.34. The van der Waals surface area contributed by atoms with Crippen LogP contribution in [-0.4, -0.2) is 45.3 Å². The number of carbonyl (C=O) groups excluding carboxylic acids is 1. The van der Waals surface area contributed by atoms with Gasteiger partial charge in [0.15, 0.2) is 0 Å². The van der Waals surface area contributed by atoms with Crippen LogP contribution in [0.4, 0.5) is 0 Å². The molecule has 1 heterocycles. The van der Waals surface area contributed by atoms with Crippen LogP contribution in [0.5, 0.6) is 0 Å². The highest BCUT2D eigenvalue weighted by Crippen LogP contribution is 1.97. The van der Waals surface area contributed by atoms with Gasteiger partial charge in [-0.2, -0.15) is 0 Å². The van der Waals surface area contributed by atoms with E-state index in [0.717, 1.165) is 6.08 Å². The van der Waals surface area contributed by atoms with Gasteiger partial charge in [-0.3, -0.25) is 14.6 Å². The zero-order valence-electron chi connectivity index (χ0n) is 10.3. The lowest BCUT2D eigenvalue weighted by Crippen LogP contribution is -2.32. The first-order chi connectivity index (χ1) is 8.93. The highest BCUT2D eigenvalue weighted by atomic mass is 16.3. The second-order valence-corrected chi connectivity index (χ2v) is 3.86. The summed E-state index contributed by atoms with van der Waals surface area (Å²) in [6.45, 7) is 0.979. The molecule has 0 spiro atoms. The molecule has 0 saturated heterocycles. The molecule has 0 aliphatic carbocycles. The molecule has 1 aromatic heterocycles. The lowest BCUT2D eigenvalue weighted by Gasteiger charge is -2.06. The summed E-state index contributed by atoms with van der Waals surface area (Å²) < 4.78 is 0. The van der Waals surface area contributed by atoms with E-state index < -0.39 is 29.9 Å². The van der Waals surface area contributed by atoms with Crippen LogP contribution < -0.4 is 16.6 Å². The third-order valence-electron chi connectivity index (χ3n) is 2.30. The molecule has 1 atom stereocenters. The van der Waals surface area contributed by atoms with Gasteiger partial charge < -0.3 is 20.5 Å². The number of H-pyrrole nitrogens is 2. The van der Waals surface area contributed by atoms with Gasteiger partial charge in [0.25, 0.3) is 5.56 Å². The zero-order valence-corrected chi connectivity index (χ0v) is 10.3. The number of aliphatic hydroxyl groups is 2. The summed E-state index contributed by atoms with van der Waals surface area (Å²) in [6.07, 6.45) is 1.32. The number of aromatic amines is 2. The average molecular weight is 269 g/mol. The quantitative estimate of drug-likeness (QED) is 0.388. The van der Waals surface area contributed by atoms with Gasteiger partial charge in [0.2, 0.25) is 5.91 Å². The van der Waals surface area contributed by atoms with Gasteiger partial charge in [0.05, 0.1) is 18.3 Å². The molecule has 5 N–H and O–H groups in total. The second-order valence-electron chi connectivity index (χ2n) is 3.86. The molecule has 1 unspecified atom stereocenters. The minimum atomic E-state index is -1.03. The van der Waals surface area contributed by atoms with E-state index in [2.05, 4.69) is 10.3 Å². The Bertz CT molecular complexity index is 587. The lowest BCUT2D eigenvalue weighted by atomic mass is 10.2. The number of aryl methyl sites for hydroxylation is 1. The van der Waals surface area contributed by atoms with Gasteiger partial charge in [-0.25, -0.2) is 4.79 Å². The fourth-order valence-corrected chi connectivity index (χ4v) is 1.31. The molecule has 0 bridgehead atoms. The van der Waals surface area contributed by atoms with E-state index in [0.29, 0.717) is 5.69 Å².